The van der Waals surface area contributed by atoms with Gasteiger partial charge in [0.2, 0.25) is 0 Å². The minimum absolute atomic E-state index is 0. The van der Waals surface area contributed by atoms with Crippen LogP contribution in [-0.2, 0) is 0 Å². The van der Waals surface area contributed by atoms with Gasteiger partial charge in [-0.15, -0.1) is 12.4 Å². The van der Waals surface area contributed by atoms with Gasteiger partial charge in [0.05, 0.1) is 13.3 Å². The Morgan fingerprint density at radius 3 is 2.67 bits per heavy atom. The molecule has 0 spiro atoms. The Balaban J connectivity index is 0.00000196. The summed E-state index contributed by atoms with van der Waals surface area (Å²) in [6, 6.07) is 3.09. The minimum atomic E-state index is -1.28. The van der Waals surface area contributed by atoms with Crippen LogP contribution in [-0.4, -0.2) is 29.1 Å². The number of amides is 1. The zero-order valence-electron chi connectivity index (χ0n) is 7.85. The lowest BCUT2D eigenvalue weighted by atomic mass is 10.3. The largest absolute Gasteiger partial charge is 0.495 e. The van der Waals surface area contributed by atoms with Crippen LogP contribution in [0.15, 0.2) is 18.3 Å². The first-order valence-electron chi connectivity index (χ1n) is 3.72. The summed E-state index contributed by atoms with van der Waals surface area (Å²) in [7, 11) is 1.50. The number of halogens is 1. The van der Waals surface area contributed by atoms with Crippen molar-refractivity contribution in [2.24, 2.45) is 0 Å². The number of hydrogen-bond acceptors (Lipinski definition) is 4. The zero-order chi connectivity index (χ0) is 10.6. The van der Waals surface area contributed by atoms with Gasteiger partial charge in [-0.05, 0) is 12.1 Å². The highest BCUT2D eigenvalue weighted by molar-refractivity contribution is 6.02. The van der Waals surface area contributed by atoms with E-state index in [1.807, 2.05) is 5.32 Å². The molecule has 0 fully saturated rings. The quantitative estimate of drug-likeness (QED) is 0.525. The van der Waals surface area contributed by atoms with E-state index in [0.717, 1.165) is 0 Å². The predicted molar refractivity (Wildman–Crippen MR) is 56.0 cm³/mol. The summed E-state index contributed by atoms with van der Waals surface area (Å²) in [5, 5.41) is 17.5. The van der Waals surface area contributed by atoms with Gasteiger partial charge in [0.15, 0.2) is 5.84 Å². The highest BCUT2D eigenvalue weighted by atomic mass is 35.5. The molecule has 1 heterocycles. The third-order valence-electron chi connectivity index (χ3n) is 1.46. The molecule has 1 aromatic heterocycles. The van der Waals surface area contributed by atoms with E-state index < -0.39 is 6.09 Å². The van der Waals surface area contributed by atoms with Crippen LogP contribution >= 0.6 is 12.4 Å². The van der Waals surface area contributed by atoms with Crippen molar-refractivity contribution in [2.75, 3.05) is 7.11 Å². The van der Waals surface area contributed by atoms with Crippen LogP contribution in [0.3, 0.4) is 0 Å². The van der Waals surface area contributed by atoms with E-state index in [4.69, 9.17) is 15.3 Å². The molecule has 0 aliphatic heterocycles. The standard InChI is InChI=1S/C8H9N3O3.ClH/c1-14-5-2-3-6(10-4-5)7(9)11-8(12)13;/h2-4H,1H3,(H2,9,11)(H,12,13);1H. The van der Waals surface area contributed by atoms with Crippen molar-refractivity contribution < 1.29 is 14.6 Å². The smallest absolute Gasteiger partial charge is 0.410 e. The van der Waals surface area contributed by atoms with Gasteiger partial charge in [-0.1, -0.05) is 0 Å². The van der Waals surface area contributed by atoms with E-state index in [2.05, 4.69) is 4.98 Å². The van der Waals surface area contributed by atoms with Crippen LogP contribution in [0.5, 0.6) is 5.75 Å². The van der Waals surface area contributed by atoms with Gasteiger partial charge in [-0.2, -0.15) is 0 Å². The first kappa shape index (κ1) is 13.2. The Kier molecular flexibility index (Phi) is 5.11. The van der Waals surface area contributed by atoms with Crippen LogP contribution in [0.25, 0.3) is 0 Å². The van der Waals surface area contributed by atoms with Crippen LogP contribution in [0.4, 0.5) is 4.79 Å². The summed E-state index contributed by atoms with van der Waals surface area (Å²) in [6.45, 7) is 0. The molecule has 0 unspecified atom stereocenters. The number of nitrogens with zero attached hydrogens (tertiary/aromatic N) is 1. The van der Waals surface area contributed by atoms with E-state index >= 15 is 0 Å². The minimum Gasteiger partial charge on any atom is -0.495 e. The molecule has 0 aliphatic rings. The molecule has 0 saturated carbocycles. The second-order valence-electron chi connectivity index (χ2n) is 2.39. The summed E-state index contributed by atoms with van der Waals surface area (Å²) in [6.07, 6.45) is 0.126. The van der Waals surface area contributed by atoms with Crippen molar-refractivity contribution in [1.82, 2.24) is 10.3 Å². The Hall–Kier alpha value is -1.82. The lowest BCUT2D eigenvalue weighted by Crippen LogP contribution is -2.29. The van der Waals surface area contributed by atoms with Gasteiger partial charge in [-0.25, -0.2) is 9.78 Å². The Morgan fingerprint density at radius 2 is 2.27 bits per heavy atom. The molecule has 7 heteroatoms. The van der Waals surface area contributed by atoms with E-state index in [1.165, 1.54) is 19.4 Å². The van der Waals surface area contributed by atoms with E-state index in [-0.39, 0.29) is 23.9 Å². The van der Waals surface area contributed by atoms with Crippen LogP contribution in [0.1, 0.15) is 5.69 Å². The molecule has 15 heavy (non-hydrogen) atoms. The number of nitrogens with one attached hydrogen (secondary N) is 2. The number of pyridine rings is 1. The van der Waals surface area contributed by atoms with Gasteiger partial charge in [0.25, 0.3) is 0 Å². The first-order chi connectivity index (χ1) is 6.63. The molecule has 3 N–H and O–H groups in total. The Labute approximate surface area is 92.2 Å². The van der Waals surface area contributed by atoms with Crippen LogP contribution in [0, 0.1) is 5.41 Å². The maximum Gasteiger partial charge on any atom is 0.410 e. The average molecular weight is 232 g/mol. The van der Waals surface area contributed by atoms with Gasteiger partial charge in [0, 0.05) is 0 Å². The summed E-state index contributed by atoms with van der Waals surface area (Å²) >= 11 is 0. The van der Waals surface area contributed by atoms with Crippen LogP contribution in [0.2, 0.25) is 0 Å². The second kappa shape index (κ2) is 5.82. The Morgan fingerprint density at radius 1 is 1.60 bits per heavy atom. The first-order valence-corrected chi connectivity index (χ1v) is 3.72. The molecule has 1 aromatic rings. The molecule has 1 amide bonds. The zero-order valence-corrected chi connectivity index (χ0v) is 8.67. The number of rotatable bonds is 2. The number of aromatic nitrogens is 1. The van der Waals surface area contributed by atoms with Crippen LogP contribution < -0.4 is 10.1 Å². The van der Waals surface area contributed by atoms with Crippen molar-refractivity contribution in [3.05, 3.63) is 24.0 Å². The molecular weight excluding hydrogens is 222 g/mol. The van der Waals surface area contributed by atoms with Gasteiger partial charge >= 0.3 is 6.09 Å². The molecule has 6 nitrogen and oxygen atoms in total. The number of ether oxygens (including phenoxy) is 1. The molecule has 0 aliphatic carbocycles. The van der Waals surface area contributed by atoms with Crippen molar-refractivity contribution >= 4 is 24.3 Å². The average Bonchev–Trinajstić information content (AvgIpc) is 2.17. The van der Waals surface area contributed by atoms with E-state index in [0.29, 0.717) is 5.75 Å². The number of amidine groups is 1. The monoisotopic (exact) mass is 231 g/mol. The fourth-order valence-electron chi connectivity index (χ4n) is 0.820. The number of methoxy groups -OCH3 is 1. The molecule has 0 bridgehead atoms. The number of carbonyl (C=O) groups is 1. The topological polar surface area (TPSA) is 95.3 Å². The van der Waals surface area contributed by atoms with Crippen molar-refractivity contribution in [1.29, 1.82) is 5.41 Å². The van der Waals surface area contributed by atoms with Gasteiger partial charge in [-0.3, -0.25) is 10.7 Å². The SMILES string of the molecule is COc1ccc(C(=N)NC(=O)O)nc1.Cl. The number of hydrogen-bond donors (Lipinski definition) is 3. The third-order valence-corrected chi connectivity index (χ3v) is 1.46. The fourth-order valence-corrected chi connectivity index (χ4v) is 0.820. The Bertz CT molecular complexity index is 353. The molecule has 0 saturated heterocycles. The normalized spacial score (nSPS) is 8.60. The van der Waals surface area contributed by atoms with Gasteiger partial charge < -0.3 is 9.84 Å². The fraction of sp³-hybridized carbons (Fsp3) is 0.125. The second-order valence-corrected chi connectivity index (χ2v) is 2.39. The lowest BCUT2D eigenvalue weighted by molar-refractivity contribution is 0.200. The number of carboxylic acid groups (broad SMARTS) is 1. The van der Waals surface area contributed by atoms with E-state index in [9.17, 15) is 4.79 Å². The lowest BCUT2D eigenvalue weighted by Gasteiger charge is -2.03. The van der Waals surface area contributed by atoms with Crippen molar-refractivity contribution in [3.8, 4) is 5.75 Å². The maximum atomic E-state index is 10.2. The highest BCUT2D eigenvalue weighted by Gasteiger charge is 2.05. The van der Waals surface area contributed by atoms with E-state index in [1.54, 1.807) is 6.07 Å². The molecule has 0 aromatic carbocycles. The maximum absolute atomic E-state index is 10.2. The molecular formula is C8H10ClN3O3. The summed E-state index contributed by atoms with van der Waals surface area (Å²) in [4.78, 5) is 14.0. The molecule has 82 valence electrons. The highest BCUT2D eigenvalue weighted by Crippen LogP contribution is 2.07. The summed E-state index contributed by atoms with van der Waals surface area (Å²) in [5.74, 6) is 0.289. The van der Waals surface area contributed by atoms with Gasteiger partial charge in [0.1, 0.15) is 11.4 Å². The molecule has 1 rings (SSSR count). The molecule has 0 atom stereocenters. The van der Waals surface area contributed by atoms with Crippen molar-refractivity contribution in [3.63, 3.8) is 0 Å². The summed E-state index contributed by atoms with van der Waals surface area (Å²) in [5.41, 5.74) is 0.244. The predicted octanol–water partition coefficient (Wildman–Crippen LogP) is 1.10. The molecule has 0 radical (unpaired) electrons. The summed E-state index contributed by atoms with van der Waals surface area (Å²) < 4.78 is 4.86. The third kappa shape index (κ3) is 3.82. The van der Waals surface area contributed by atoms with Crippen molar-refractivity contribution in [2.45, 2.75) is 0 Å².